The van der Waals surface area contributed by atoms with Gasteiger partial charge in [0.15, 0.2) is 0 Å². The molecule has 1 aliphatic heterocycles. The van der Waals surface area contributed by atoms with Crippen LogP contribution in [-0.2, 0) is 11.2 Å². The van der Waals surface area contributed by atoms with Crippen LogP contribution < -0.4 is 5.32 Å². The molecule has 2 nitrogen and oxygen atoms in total. The predicted octanol–water partition coefficient (Wildman–Crippen LogP) is 4.61. The Kier molecular flexibility index (Phi) is 3.96. The first kappa shape index (κ1) is 14.5. The number of thioether (sulfide) groups is 1. The van der Waals surface area contributed by atoms with E-state index in [2.05, 4.69) is 30.4 Å². The Bertz CT molecular complexity index is 714. The van der Waals surface area contributed by atoms with E-state index in [4.69, 9.17) is 11.6 Å². The zero-order valence-electron chi connectivity index (χ0n) is 11.9. The quantitative estimate of drug-likeness (QED) is 0.876. The van der Waals surface area contributed by atoms with Gasteiger partial charge in [-0.3, -0.25) is 4.79 Å². The van der Waals surface area contributed by atoms with E-state index in [-0.39, 0.29) is 11.2 Å². The molecule has 0 bridgehead atoms. The van der Waals surface area contributed by atoms with E-state index < -0.39 is 0 Å². The van der Waals surface area contributed by atoms with Crippen LogP contribution in [0.1, 0.15) is 16.7 Å². The smallest absolute Gasteiger partial charge is 0.238 e. The molecule has 1 amide bonds. The van der Waals surface area contributed by atoms with Crippen molar-refractivity contribution in [2.75, 3.05) is 5.32 Å². The third kappa shape index (κ3) is 3.09. The summed E-state index contributed by atoms with van der Waals surface area (Å²) in [5.41, 5.74) is 4.24. The Morgan fingerprint density at radius 1 is 1.19 bits per heavy atom. The molecule has 3 rings (SSSR count). The second kappa shape index (κ2) is 5.74. The summed E-state index contributed by atoms with van der Waals surface area (Å²) in [6, 6.07) is 12.0. The number of hydrogen-bond donors (Lipinski definition) is 1. The monoisotopic (exact) mass is 317 g/mol. The SMILES string of the molecule is Cc1ccc(NC(=O)[C@H]2Cc3ccc(C)cc3S2)c(Cl)c1. The van der Waals surface area contributed by atoms with E-state index in [0.29, 0.717) is 10.7 Å². The number of rotatable bonds is 2. The van der Waals surface area contributed by atoms with E-state index in [1.54, 1.807) is 11.8 Å². The number of amides is 1. The molecule has 0 saturated heterocycles. The van der Waals surface area contributed by atoms with E-state index in [1.807, 2.05) is 25.1 Å². The minimum absolute atomic E-state index is 0.0135. The zero-order valence-corrected chi connectivity index (χ0v) is 13.5. The highest BCUT2D eigenvalue weighted by Gasteiger charge is 2.28. The summed E-state index contributed by atoms with van der Waals surface area (Å²) >= 11 is 7.80. The Morgan fingerprint density at radius 3 is 2.67 bits per heavy atom. The van der Waals surface area contributed by atoms with Gasteiger partial charge >= 0.3 is 0 Å². The maximum absolute atomic E-state index is 12.4. The molecule has 0 aliphatic carbocycles. The van der Waals surface area contributed by atoms with Gasteiger partial charge < -0.3 is 5.32 Å². The largest absolute Gasteiger partial charge is 0.324 e. The maximum atomic E-state index is 12.4. The highest BCUT2D eigenvalue weighted by Crippen LogP contribution is 2.38. The average Bonchev–Trinajstić information content (AvgIpc) is 2.85. The van der Waals surface area contributed by atoms with Crippen LogP contribution in [0.5, 0.6) is 0 Å². The highest BCUT2D eigenvalue weighted by atomic mass is 35.5. The van der Waals surface area contributed by atoms with Crippen molar-refractivity contribution in [3.63, 3.8) is 0 Å². The minimum Gasteiger partial charge on any atom is -0.324 e. The number of aryl methyl sites for hydroxylation is 2. The minimum atomic E-state index is -0.0841. The molecular weight excluding hydrogens is 302 g/mol. The van der Waals surface area contributed by atoms with Crippen LogP contribution in [0, 0.1) is 13.8 Å². The van der Waals surface area contributed by atoms with Crippen molar-refractivity contribution in [2.45, 2.75) is 30.4 Å². The summed E-state index contributed by atoms with van der Waals surface area (Å²) in [5, 5.41) is 3.44. The second-order valence-electron chi connectivity index (χ2n) is 5.39. The molecule has 4 heteroatoms. The lowest BCUT2D eigenvalue weighted by Gasteiger charge is -2.11. The average molecular weight is 318 g/mol. The number of carbonyl (C=O) groups excluding carboxylic acids is 1. The van der Waals surface area contributed by atoms with Crippen LogP contribution in [0.3, 0.4) is 0 Å². The molecule has 0 spiro atoms. The van der Waals surface area contributed by atoms with Gasteiger partial charge in [0, 0.05) is 4.90 Å². The summed E-state index contributed by atoms with van der Waals surface area (Å²) < 4.78 is 0. The Morgan fingerprint density at radius 2 is 1.90 bits per heavy atom. The lowest BCUT2D eigenvalue weighted by Crippen LogP contribution is -2.24. The van der Waals surface area contributed by atoms with Crippen molar-refractivity contribution in [1.82, 2.24) is 0 Å². The maximum Gasteiger partial charge on any atom is 0.238 e. The second-order valence-corrected chi connectivity index (χ2v) is 7.05. The molecule has 108 valence electrons. The van der Waals surface area contributed by atoms with Crippen molar-refractivity contribution in [3.05, 3.63) is 58.1 Å². The first-order valence-electron chi connectivity index (χ1n) is 6.86. The number of anilines is 1. The van der Waals surface area contributed by atoms with Gasteiger partial charge in [-0.05, 0) is 49.6 Å². The molecule has 1 atom stereocenters. The van der Waals surface area contributed by atoms with Crippen LogP contribution in [-0.4, -0.2) is 11.2 Å². The lowest BCUT2D eigenvalue weighted by atomic mass is 10.1. The van der Waals surface area contributed by atoms with Crippen LogP contribution in [0.2, 0.25) is 5.02 Å². The van der Waals surface area contributed by atoms with Crippen molar-refractivity contribution >= 4 is 35.0 Å². The fourth-order valence-corrected chi connectivity index (χ4v) is 3.99. The van der Waals surface area contributed by atoms with Gasteiger partial charge in [0.2, 0.25) is 5.91 Å². The molecule has 0 unspecified atom stereocenters. The predicted molar refractivity (Wildman–Crippen MR) is 89.3 cm³/mol. The van der Waals surface area contributed by atoms with E-state index in [1.165, 1.54) is 16.0 Å². The van der Waals surface area contributed by atoms with Gasteiger partial charge in [0.05, 0.1) is 16.0 Å². The molecule has 0 aromatic heterocycles. The highest BCUT2D eigenvalue weighted by molar-refractivity contribution is 8.01. The zero-order chi connectivity index (χ0) is 15.0. The topological polar surface area (TPSA) is 29.1 Å². The number of benzene rings is 2. The number of hydrogen-bond acceptors (Lipinski definition) is 2. The molecule has 1 aliphatic rings. The molecule has 1 heterocycles. The third-order valence-electron chi connectivity index (χ3n) is 3.57. The first-order chi connectivity index (χ1) is 10.0. The normalized spacial score (nSPS) is 16.6. The number of nitrogens with one attached hydrogen (secondary N) is 1. The summed E-state index contributed by atoms with van der Waals surface area (Å²) in [5.74, 6) is 0.0135. The molecule has 1 N–H and O–H groups in total. The van der Waals surface area contributed by atoms with Crippen LogP contribution in [0.15, 0.2) is 41.3 Å². The van der Waals surface area contributed by atoms with E-state index in [9.17, 15) is 4.79 Å². The van der Waals surface area contributed by atoms with Gasteiger partial charge in [0.25, 0.3) is 0 Å². The van der Waals surface area contributed by atoms with E-state index in [0.717, 1.165) is 12.0 Å². The Balaban J connectivity index is 1.73. The molecule has 0 saturated carbocycles. The number of fused-ring (bicyclic) bond motifs is 1. The van der Waals surface area contributed by atoms with Gasteiger partial charge in [-0.15, -0.1) is 11.8 Å². The van der Waals surface area contributed by atoms with Crippen LogP contribution in [0.4, 0.5) is 5.69 Å². The van der Waals surface area contributed by atoms with Crippen LogP contribution >= 0.6 is 23.4 Å². The summed E-state index contributed by atoms with van der Waals surface area (Å²) in [4.78, 5) is 13.6. The van der Waals surface area contributed by atoms with Crippen molar-refractivity contribution in [2.24, 2.45) is 0 Å². The fourth-order valence-electron chi connectivity index (χ4n) is 2.42. The molecule has 2 aromatic rings. The van der Waals surface area contributed by atoms with E-state index >= 15 is 0 Å². The van der Waals surface area contributed by atoms with Crippen molar-refractivity contribution in [1.29, 1.82) is 0 Å². The van der Waals surface area contributed by atoms with Gasteiger partial charge in [0.1, 0.15) is 0 Å². The summed E-state index contributed by atoms with van der Waals surface area (Å²) in [6.45, 7) is 4.05. The molecule has 0 fully saturated rings. The number of carbonyl (C=O) groups is 1. The van der Waals surface area contributed by atoms with Gasteiger partial charge in [-0.25, -0.2) is 0 Å². The first-order valence-corrected chi connectivity index (χ1v) is 8.12. The van der Waals surface area contributed by atoms with Crippen molar-refractivity contribution < 1.29 is 4.79 Å². The lowest BCUT2D eigenvalue weighted by molar-refractivity contribution is -0.115. The molecular formula is C17H16ClNOS. The standard InChI is InChI=1S/C17H16ClNOS/c1-10-4-6-14(13(18)7-10)19-17(20)16-9-12-5-3-11(2)8-15(12)21-16/h3-8,16H,9H2,1-2H3,(H,19,20)/t16-/m1/s1. The molecule has 0 radical (unpaired) electrons. The molecule has 21 heavy (non-hydrogen) atoms. The number of halogens is 1. The van der Waals surface area contributed by atoms with Crippen molar-refractivity contribution in [3.8, 4) is 0 Å². The summed E-state index contributed by atoms with van der Waals surface area (Å²) in [6.07, 6.45) is 0.773. The molecule has 2 aromatic carbocycles. The van der Waals surface area contributed by atoms with Crippen LogP contribution in [0.25, 0.3) is 0 Å². The summed E-state index contributed by atoms with van der Waals surface area (Å²) in [7, 11) is 0. The Hall–Kier alpha value is -1.45. The van der Waals surface area contributed by atoms with Gasteiger partial charge in [-0.2, -0.15) is 0 Å². The fraction of sp³-hybridized carbons (Fsp3) is 0.235. The Labute approximate surface area is 133 Å². The van der Waals surface area contributed by atoms with Gasteiger partial charge in [-0.1, -0.05) is 35.4 Å². The third-order valence-corrected chi connectivity index (χ3v) is 5.18.